The second-order valence-corrected chi connectivity index (χ2v) is 7.13. The van der Waals surface area contributed by atoms with Crippen LogP contribution in [0.4, 0.5) is 5.69 Å². The number of nitrogens with zero attached hydrogens (tertiary/aromatic N) is 1. The maximum atomic E-state index is 12.4. The lowest BCUT2D eigenvalue weighted by atomic mass is 10.2. The van der Waals surface area contributed by atoms with E-state index in [1.54, 1.807) is 13.0 Å². The number of halogens is 3. The molecule has 0 atom stereocenters. The van der Waals surface area contributed by atoms with Gasteiger partial charge in [-0.15, -0.1) is 0 Å². The molecule has 1 aromatic carbocycles. The lowest BCUT2D eigenvalue weighted by Gasteiger charge is -2.14. The number of hydrogen-bond donors (Lipinski definition) is 1. The van der Waals surface area contributed by atoms with Gasteiger partial charge in [0.15, 0.2) is 5.15 Å². The van der Waals surface area contributed by atoms with Crippen molar-refractivity contribution in [1.29, 1.82) is 0 Å². The molecule has 9 heteroatoms. The van der Waals surface area contributed by atoms with Crippen LogP contribution in [0, 0.1) is 6.92 Å². The summed E-state index contributed by atoms with van der Waals surface area (Å²) in [5.74, 6) is 0.289. The zero-order chi connectivity index (χ0) is 16.5. The highest BCUT2D eigenvalue weighted by Crippen LogP contribution is 2.33. The summed E-state index contributed by atoms with van der Waals surface area (Å²) in [5.41, 5.74) is 0.941. The van der Waals surface area contributed by atoms with E-state index in [0.29, 0.717) is 10.6 Å². The fourth-order valence-corrected chi connectivity index (χ4v) is 3.59. The van der Waals surface area contributed by atoms with E-state index in [4.69, 9.17) is 39.5 Å². The van der Waals surface area contributed by atoms with E-state index in [1.807, 2.05) is 0 Å². The number of ether oxygens (including phenoxy) is 1. The van der Waals surface area contributed by atoms with Gasteiger partial charge in [-0.2, -0.15) is 0 Å². The van der Waals surface area contributed by atoms with Gasteiger partial charge in [-0.25, -0.2) is 13.4 Å². The standard InChI is InChI=1S/C13H11Cl3N2O3S/c1-7-5-9(10(21-2)6-8(7)14)18-22(19,20)11-3-4-12(15)17-13(11)16/h3-6,18H,1-2H3. The molecule has 2 aromatic rings. The number of benzene rings is 1. The number of sulfonamides is 1. The number of rotatable bonds is 4. The van der Waals surface area contributed by atoms with Crippen LogP contribution in [0.3, 0.4) is 0 Å². The summed E-state index contributed by atoms with van der Waals surface area (Å²) in [7, 11) is -2.54. The average Bonchev–Trinajstić information content (AvgIpc) is 2.41. The van der Waals surface area contributed by atoms with Gasteiger partial charge in [0.25, 0.3) is 10.0 Å². The summed E-state index contributed by atoms with van der Waals surface area (Å²) < 4.78 is 32.4. The first-order valence-corrected chi connectivity index (χ1v) is 8.55. The zero-order valence-corrected chi connectivity index (χ0v) is 14.6. The molecule has 1 N–H and O–H groups in total. The van der Waals surface area contributed by atoms with E-state index in [2.05, 4.69) is 9.71 Å². The van der Waals surface area contributed by atoms with Gasteiger partial charge in [-0.05, 0) is 30.7 Å². The second kappa shape index (κ2) is 6.50. The Kier molecular flexibility index (Phi) is 5.07. The molecule has 1 heterocycles. The van der Waals surface area contributed by atoms with Crippen LogP contribution in [0.15, 0.2) is 29.2 Å². The van der Waals surface area contributed by atoms with Gasteiger partial charge >= 0.3 is 0 Å². The summed E-state index contributed by atoms with van der Waals surface area (Å²) in [5, 5.41) is 0.347. The summed E-state index contributed by atoms with van der Waals surface area (Å²) in [6.45, 7) is 1.75. The highest BCUT2D eigenvalue weighted by atomic mass is 35.5. The van der Waals surface area contributed by atoms with Gasteiger partial charge in [-0.3, -0.25) is 4.72 Å². The number of anilines is 1. The Balaban J connectivity index is 2.47. The molecule has 0 fully saturated rings. The van der Waals surface area contributed by atoms with E-state index in [0.717, 1.165) is 0 Å². The number of hydrogen-bond acceptors (Lipinski definition) is 4. The molecule has 0 saturated heterocycles. The largest absolute Gasteiger partial charge is 0.495 e. The summed E-state index contributed by atoms with van der Waals surface area (Å²) in [6, 6.07) is 5.70. The molecule has 0 amide bonds. The van der Waals surface area contributed by atoms with Crippen LogP contribution in [0.5, 0.6) is 5.75 Å². The van der Waals surface area contributed by atoms with Gasteiger partial charge < -0.3 is 4.74 Å². The quantitative estimate of drug-likeness (QED) is 0.807. The average molecular weight is 382 g/mol. The van der Waals surface area contributed by atoms with Crippen molar-refractivity contribution in [3.63, 3.8) is 0 Å². The molecule has 0 spiro atoms. The van der Waals surface area contributed by atoms with Gasteiger partial charge in [0.05, 0.1) is 12.8 Å². The first-order valence-electron chi connectivity index (χ1n) is 5.93. The third kappa shape index (κ3) is 3.57. The SMILES string of the molecule is COc1cc(Cl)c(C)cc1NS(=O)(=O)c1ccc(Cl)nc1Cl. The first-order chi connectivity index (χ1) is 10.2. The molecule has 0 aliphatic heterocycles. The summed E-state index contributed by atoms with van der Waals surface area (Å²) >= 11 is 17.5. The van der Waals surface area contributed by atoms with Crippen LogP contribution in [-0.4, -0.2) is 20.5 Å². The third-order valence-electron chi connectivity index (χ3n) is 2.80. The molecule has 2 rings (SSSR count). The van der Waals surface area contributed by atoms with Crippen molar-refractivity contribution in [2.24, 2.45) is 0 Å². The van der Waals surface area contributed by atoms with Crippen LogP contribution >= 0.6 is 34.8 Å². The van der Waals surface area contributed by atoms with Crippen LogP contribution in [0.25, 0.3) is 0 Å². The molecule has 0 radical (unpaired) electrons. The molecule has 1 aromatic heterocycles. The minimum Gasteiger partial charge on any atom is -0.495 e. The van der Waals surface area contributed by atoms with Gasteiger partial charge in [0, 0.05) is 11.1 Å². The Morgan fingerprint density at radius 3 is 2.45 bits per heavy atom. The van der Waals surface area contributed by atoms with E-state index in [1.165, 1.54) is 25.3 Å². The Bertz CT molecular complexity index is 826. The lowest BCUT2D eigenvalue weighted by molar-refractivity contribution is 0.417. The molecule has 0 bridgehead atoms. The lowest BCUT2D eigenvalue weighted by Crippen LogP contribution is -2.14. The van der Waals surface area contributed by atoms with E-state index >= 15 is 0 Å². The van der Waals surface area contributed by atoms with Crippen LogP contribution < -0.4 is 9.46 Å². The monoisotopic (exact) mass is 380 g/mol. The highest BCUT2D eigenvalue weighted by Gasteiger charge is 2.21. The maximum Gasteiger partial charge on any atom is 0.265 e. The predicted octanol–water partition coefficient (Wildman–Crippen LogP) is 4.16. The normalized spacial score (nSPS) is 11.3. The molecular weight excluding hydrogens is 371 g/mol. The fraction of sp³-hybridized carbons (Fsp3) is 0.154. The highest BCUT2D eigenvalue weighted by molar-refractivity contribution is 7.92. The third-order valence-corrected chi connectivity index (χ3v) is 5.21. The Morgan fingerprint density at radius 1 is 1.18 bits per heavy atom. The number of aryl methyl sites for hydroxylation is 1. The van der Waals surface area contributed by atoms with Crippen molar-refractivity contribution >= 4 is 50.5 Å². The minimum atomic E-state index is -3.95. The number of nitrogens with one attached hydrogen (secondary N) is 1. The van der Waals surface area contributed by atoms with Crippen molar-refractivity contribution in [3.8, 4) is 5.75 Å². The number of pyridine rings is 1. The Hall–Kier alpha value is -1.21. The summed E-state index contributed by atoms with van der Waals surface area (Å²) in [6.07, 6.45) is 0. The maximum absolute atomic E-state index is 12.4. The second-order valence-electron chi connectivity index (χ2n) is 4.33. The molecule has 118 valence electrons. The minimum absolute atomic E-state index is 0.101. The van der Waals surface area contributed by atoms with Crippen molar-refractivity contribution in [3.05, 3.63) is 45.2 Å². The molecule has 22 heavy (non-hydrogen) atoms. The van der Waals surface area contributed by atoms with Crippen LogP contribution in [0.2, 0.25) is 15.3 Å². The molecule has 0 aliphatic rings. The summed E-state index contributed by atoms with van der Waals surface area (Å²) in [4.78, 5) is 3.53. The molecule has 0 unspecified atom stereocenters. The van der Waals surface area contributed by atoms with Gasteiger partial charge in [-0.1, -0.05) is 34.8 Å². The zero-order valence-electron chi connectivity index (χ0n) is 11.5. The predicted molar refractivity (Wildman–Crippen MR) is 87.8 cm³/mol. The van der Waals surface area contributed by atoms with Crippen molar-refractivity contribution < 1.29 is 13.2 Å². The molecule has 5 nitrogen and oxygen atoms in total. The van der Waals surface area contributed by atoms with Crippen LogP contribution in [0.1, 0.15) is 5.56 Å². The number of aromatic nitrogens is 1. The molecule has 0 saturated carbocycles. The van der Waals surface area contributed by atoms with Gasteiger partial charge in [0.1, 0.15) is 15.8 Å². The van der Waals surface area contributed by atoms with Gasteiger partial charge in [0.2, 0.25) is 0 Å². The molecular formula is C13H11Cl3N2O3S. The van der Waals surface area contributed by atoms with E-state index in [-0.39, 0.29) is 26.6 Å². The Morgan fingerprint density at radius 2 is 1.86 bits per heavy atom. The van der Waals surface area contributed by atoms with Crippen LogP contribution in [-0.2, 0) is 10.0 Å². The fourth-order valence-electron chi connectivity index (χ4n) is 1.71. The van der Waals surface area contributed by atoms with Crippen molar-refractivity contribution in [1.82, 2.24) is 4.98 Å². The van der Waals surface area contributed by atoms with Crippen molar-refractivity contribution in [2.75, 3.05) is 11.8 Å². The van der Waals surface area contributed by atoms with E-state index in [9.17, 15) is 8.42 Å². The Labute approximate surface area is 143 Å². The smallest absolute Gasteiger partial charge is 0.265 e. The first kappa shape index (κ1) is 17.1. The topological polar surface area (TPSA) is 68.3 Å². The van der Waals surface area contributed by atoms with E-state index < -0.39 is 10.0 Å². The van der Waals surface area contributed by atoms with Crippen molar-refractivity contribution in [2.45, 2.75) is 11.8 Å². The number of methoxy groups -OCH3 is 1. The molecule has 0 aliphatic carbocycles.